The van der Waals surface area contributed by atoms with Gasteiger partial charge < -0.3 is 15.5 Å². The van der Waals surface area contributed by atoms with Crippen molar-refractivity contribution in [3.63, 3.8) is 0 Å². The lowest BCUT2D eigenvalue weighted by Gasteiger charge is -2.48. The van der Waals surface area contributed by atoms with Gasteiger partial charge in [-0.05, 0) is 32.9 Å². The molecule has 18 heavy (non-hydrogen) atoms. The van der Waals surface area contributed by atoms with Crippen LogP contribution in [0.15, 0.2) is 4.99 Å². The molecule has 0 aromatic heterocycles. The largest absolute Gasteiger partial charge is 0.370 e. The van der Waals surface area contributed by atoms with E-state index >= 15 is 0 Å². The highest BCUT2D eigenvalue weighted by atomic mass is 15.4. The minimum absolute atomic E-state index is 0.243. The summed E-state index contributed by atoms with van der Waals surface area (Å²) in [6.07, 6.45) is 6.57. The number of hydrogen-bond acceptors (Lipinski definition) is 4. The van der Waals surface area contributed by atoms with Crippen molar-refractivity contribution < 1.29 is 0 Å². The second-order valence-electron chi connectivity index (χ2n) is 6.08. The Balaban J connectivity index is 2.14. The van der Waals surface area contributed by atoms with E-state index in [9.17, 15) is 0 Å². The van der Waals surface area contributed by atoms with Gasteiger partial charge in [0, 0.05) is 13.1 Å². The summed E-state index contributed by atoms with van der Waals surface area (Å²) in [5.41, 5.74) is 6.39. The van der Waals surface area contributed by atoms with Gasteiger partial charge in [-0.3, -0.25) is 4.99 Å². The molecule has 0 aromatic rings. The fourth-order valence-electron chi connectivity index (χ4n) is 3.70. The molecule has 2 unspecified atom stereocenters. The Morgan fingerprint density at radius 3 is 2.89 bits per heavy atom. The summed E-state index contributed by atoms with van der Waals surface area (Å²) in [6.45, 7) is 5.30. The van der Waals surface area contributed by atoms with E-state index in [2.05, 4.69) is 35.8 Å². The summed E-state index contributed by atoms with van der Waals surface area (Å²) in [5.74, 6) is 1.54. The minimum Gasteiger partial charge on any atom is -0.370 e. The number of aliphatic imine (C=N–C) groups is 1. The summed E-state index contributed by atoms with van der Waals surface area (Å²) in [5, 5.41) is 0. The van der Waals surface area contributed by atoms with Crippen molar-refractivity contribution in [2.45, 2.75) is 44.6 Å². The first kappa shape index (κ1) is 13.7. The van der Waals surface area contributed by atoms with Gasteiger partial charge in [0.1, 0.15) is 0 Å². The summed E-state index contributed by atoms with van der Waals surface area (Å²) in [7, 11) is 4.24. The molecule has 0 bridgehead atoms. The normalized spacial score (nSPS) is 32.3. The molecule has 2 atom stereocenters. The molecule has 0 aromatic carbocycles. The third-order valence-corrected chi connectivity index (χ3v) is 4.76. The minimum atomic E-state index is 0.243. The van der Waals surface area contributed by atoms with E-state index in [0.29, 0.717) is 0 Å². The highest BCUT2D eigenvalue weighted by Crippen LogP contribution is 2.42. The number of nitrogens with two attached hydrogens (primary N) is 1. The van der Waals surface area contributed by atoms with Crippen LogP contribution in [0, 0.1) is 5.92 Å². The fraction of sp³-hybridized carbons (Fsp3) is 0.929. The third-order valence-electron chi connectivity index (χ3n) is 4.76. The summed E-state index contributed by atoms with van der Waals surface area (Å²) in [6, 6.07) is 0. The van der Waals surface area contributed by atoms with Crippen LogP contribution in [-0.4, -0.2) is 55.0 Å². The van der Waals surface area contributed by atoms with E-state index in [1.54, 1.807) is 0 Å². The Labute approximate surface area is 111 Å². The second-order valence-corrected chi connectivity index (χ2v) is 6.08. The van der Waals surface area contributed by atoms with Crippen molar-refractivity contribution in [1.82, 2.24) is 9.80 Å². The monoisotopic (exact) mass is 252 g/mol. The molecule has 0 radical (unpaired) electrons. The van der Waals surface area contributed by atoms with Gasteiger partial charge in [0.15, 0.2) is 5.96 Å². The number of nitrogens with zero attached hydrogens (tertiary/aromatic N) is 3. The first-order chi connectivity index (χ1) is 8.60. The number of hydrogen-bond donors (Lipinski definition) is 1. The first-order valence-electron chi connectivity index (χ1n) is 7.32. The van der Waals surface area contributed by atoms with Gasteiger partial charge in [-0.25, -0.2) is 0 Å². The van der Waals surface area contributed by atoms with Crippen LogP contribution < -0.4 is 5.73 Å². The van der Waals surface area contributed by atoms with Crippen LogP contribution in [0.4, 0.5) is 0 Å². The molecule has 4 nitrogen and oxygen atoms in total. The highest BCUT2D eigenvalue weighted by Gasteiger charge is 2.48. The molecule has 1 heterocycles. The van der Waals surface area contributed by atoms with Crippen molar-refractivity contribution in [1.29, 1.82) is 0 Å². The number of rotatable bonds is 4. The van der Waals surface area contributed by atoms with E-state index in [4.69, 9.17) is 5.73 Å². The van der Waals surface area contributed by atoms with E-state index in [-0.39, 0.29) is 5.54 Å². The van der Waals surface area contributed by atoms with Crippen molar-refractivity contribution in [2.75, 3.05) is 33.7 Å². The molecule has 0 saturated heterocycles. The molecule has 1 spiro atoms. The van der Waals surface area contributed by atoms with E-state index in [1.165, 1.54) is 32.1 Å². The predicted octanol–water partition coefficient (Wildman–Crippen LogP) is 1.52. The maximum Gasteiger partial charge on any atom is 0.191 e. The van der Waals surface area contributed by atoms with Crippen LogP contribution in [0.5, 0.6) is 0 Å². The Kier molecular flexibility index (Phi) is 4.15. The Bertz CT molecular complexity index is 313. The number of guanidine groups is 1. The quantitative estimate of drug-likeness (QED) is 0.825. The molecule has 2 rings (SSSR count). The van der Waals surface area contributed by atoms with Gasteiger partial charge in [0.25, 0.3) is 0 Å². The highest BCUT2D eigenvalue weighted by molar-refractivity contribution is 5.81. The van der Waals surface area contributed by atoms with Crippen molar-refractivity contribution in [2.24, 2.45) is 16.6 Å². The van der Waals surface area contributed by atoms with Crippen LogP contribution in [0.2, 0.25) is 0 Å². The second kappa shape index (κ2) is 5.47. The predicted molar refractivity (Wildman–Crippen MR) is 76.7 cm³/mol. The molecule has 104 valence electrons. The zero-order valence-corrected chi connectivity index (χ0v) is 12.2. The van der Waals surface area contributed by atoms with E-state index in [0.717, 1.165) is 31.5 Å². The smallest absolute Gasteiger partial charge is 0.191 e. The van der Waals surface area contributed by atoms with Crippen LogP contribution in [0.3, 0.4) is 0 Å². The molecule has 1 saturated carbocycles. The Morgan fingerprint density at radius 2 is 2.22 bits per heavy atom. The maximum absolute atomic E-state index is 6.15. The van der Waals surface area contributed by atoms with E-state index in [1.807, 2.05) is 0 Å². The SMILES string of the molecule is CCC1CCCCC12CN=C(N)N2CCN(C)C. The Morgan fingerprint density at radius 1 is 1.44 bits per heavy atom. The zero-order chi connectivity index (χ0) is 13.2. The van der Waals surface area contributed by atoms with Gasteiger partial charge >= 0.3 is 0 Å². The lowest BCUT2D eigenvalue weighted by molar-refractivity contribution is 0.0658. The Hall–Kier alpha value is -0.770. The molecular formula is C14H28N4. The first-order valence-corrected chi connectivity index (χ1v) is 7.32. The van der Waals surface area contributed by atoms with Crippen molar-refractivity contribution in [3.8, 4) is 0 Å². The van der Waals surface area contributed by atoms with Gasteiger partial charge in [-0.15, -0.1) is 0 Å². The third kappa shape index (κ3) is 2.35. The zero-order valence-electron chi connectivity index (χ0n) is 12.2. The van der Waals surface area contributed by atoms with Crippen LogP contribution in [-0.2, 0) is 0 Å². The summed E-state index contributed by atoms with van der Waals surface area (Å²) >= 11 is 0. The lowest BCUT2D eigenvalue weighted by atomic mass is 9.71. The molecule has 1 fully saturated rings. The van der Waals surface area contributed by atoms with Gasteiger partial charge in [-0.1, -0.05) is 26.2 Å². The summed E-state index contributed by atoms with van der Waals surface area (Å²) in [4.78, 5) is 9.21. The summed E-state index contributed by atoms with van der Waals surface area (Å²) < 4.78 is 0. The van der Waals surface area contributed by atoms with Crippen LogP contribution >= 0.6 is 0 Å². The molecule has 4 heteroatoms. The molecule has 0 amide bonds. The van der Waals surface area contributed by atoms with Crippen molar-refractivity contribution in [3.05, 3.63) is 0 Å². The standard InChI is InChI=1S/C14H28N4/c1-4-12-7-5-6-8-14(12)11-16-13(15)18(14)10-9-17(2)3/h12H,4-11H2,1-3H3,(H2,15,16). The molecule has 2 aliphatic rings. The van der Waals surface area contributed by atoms with Gasteiger partial charge in [-0.2, -0.15) is 0 Å². The van der Waals surface area contributed by atoms with E-state index < -0.39 is 0 Å². The molecular weight excluding hydrogens is 224 g/mol. The molecule has 2 N–H and O–H groups in total. The number of likely N-dealkylation sites (N-methyl/N-ethyl adjacent to an activating group) is 1. The average molecular weight is 252 g/mol. The van der Waals surface area contributed by atoms with Crippen LogP contribution in [0.25, 0.3) is 0 Å². The van der Waals surface area contributed by atoms with Gasteiger partial charge in [0.05, 0.1) is 12.1 Å². The van der Waals surface area contributed by atoms with Gasteiger partial charge in [0.2, 0.25) is 0 Å². The maximum atomic E-state index is 6.15. The average Bonchev–Trinajstić information content (AvgIpc) is 2.65. The van der Waals surface area contributed by atoms with Crippen molar-refractivity contribution >= 4 is 5.96 Å². The van der Waals surface area contributed by atoms with Crippen LogP contribution in [0.1, 0.15) is 39.0 Å². The molecule has 1 aliphatic carbocycles. The fourth-order valence-corrected chi connectivity index (χ4v) is 3.70. The lowest BCUT2D eigenvalue weighted by Crippen LogP contribution is -2.58. The topological polar surface area (TPSA) is 44.9 Å². The molecule has 1 aliphatic heterocycles.